The number of benzene rings is 1. The van der Waals surface area contributed by atoms with Gasteiger partial charge in [-0.05, 0) is 58.0 Å². The largest absolute Gasteiger partial charge is 0.496 e. The van der Waals surface area contributed by atoms with Crippen molar-refractivity contribution in [2.24, 2.45) is 0 Å². The van der Waals surface area contributed by atoms with Crippen molar-refractivity contribution < 1.29 is 9.47 Å². The van der Waals surface area contributed by atoms with Gasteiger partial charge in [0.2, 0.25) is 0 Å². The van der Waals surface area contributed by atoms with Gasteiger partial charge in [0.25, 0.3) is 0 Å². The third-order valence-corrected chi connectivity index (χ3v) is 3.07. The first kappa shape index (κ1) is 16.3. The van der Waals surface area contributed by atoms with Crippen LogP contribution in [0.25, 0.3) is 0 Å². The Balaban J connectivity index is 2.72. The standard InChI is InChI=1S/C15H24ClNO2/c1-15(2,3)19-10-13(17-4)9-11-8-12(16)6-7-14(11)18-5/h6-8,13,17H,9-10H2,1-5H3. The topological polar surface area (TPSA) is 30.5 Å². The highest BCUT2D eigenvalue weighted by molar-refractivity contribution is 6.30. The molecule has 4 heteroatoms. The minimum absolute atomic E-state index is 0.131. The monoisotopic (exact) mass is 285 g/mol. The second-order valence-electron chi connectivity index (χ2n) is 5.57. The molecule has 1 rings (SSSR count). The fraction of sp³-hybridized carbons (Fsp3) is 0.600. The molecule has 1 atom stereocenters. The van der Waals surface area contributed by atoms with Crippen molar-refractivity contribution in [2.45, 2.75) is 38.8 Å². The van der Waals surface area contributed by atoms with Gasteiger partial charge in [0, 0.05) is 11.1 Å². The van der Waals surface area contributed by atoms with Crippen molar-refractivity contribution in [1.82, 2.24) is 5.32 Å². The number of ether oxygens (including phenoxy) is 2. The highest BCUT2D eigenvalue weighted by Gasteiger charge is 2.16. The van der Waals surface area contributed by atoms with E-state index < -0.39 is 0 Å². The molecule has 0 bridgehead atoms. The fourth-order valence-electron chi connectivity index (χ4n) is 1.77. The SMILES string of the molecule is CNC(COC(C)(C)C)Cc1cc(Cl)ccc1OC. The van der Waals surface area contributed by atoms with E-state index in [0.29, 0.717) is 6.61 Å². The molecule has 108 valence electrons. The normalized spacial score (nSPS) is 13.4. The third kappa shape index (κ3) is 5.81. The molecule has 0 aliphatic rings. The zero-order chi connectivity index (χ0) is 14.5. The van der Waals surface area contributed by atoms with Gasteiger partial charge in [-0.3, -0.25) is 0 Å². The molecule has 0 aliphatic carbocycles. The number of methoxy groups -OCH3 is 1. The van der Waals surface area contributed by atoms with Crippen LogP contribution in [0.5, 0.6) is 5.75 Å². The van der Waals surface area contributed by atoms with Gasteiger partial charge >= 0.3 is 0 Å². The molecular formula is C15H24ClNO2. The number of nitrogens with one attached hydrogen (secondary N) is 1. The lowest BCUT2D eigenvalue weighted by molar-refractivity contribution is -0.0135. The fourth-order valence-corrected chi connectivity index (χ4v) is 1.96. The predicted molar refractivity (Wildman–Crippen MR) is 80.3 cm³/mol. The molecule has 0 spiro atoms. The van der Waals surface area contributed by atoms with E-state index in [2.05, 4.69) is 26.1 Å². The molecule has 0 amide bonds. The van der Waals surface area contributed by atoms with E-state index in [4.69, 9.17) is 21.1 Å². The number of likely N-dealkylation sites (N-methyl/N-ethyl adjacent to an activating group) is 1. The first-order valence-corrected chi connectivity index (χ1v) is 6.87. The lowest BCUT2D eigenvalue weighted by Gasteiger charge is -2.24. The summed E-state index contributed by atoms with van der Waals surface area (Å²) in [6, 6.07) is 5.91. The second-order valence-corrected chi connectivity index (χ2v) is 6.01. The maximum Gasteiger partial charge on any atom is 0.122 e. The Hall–Kier alpha value is -0.770. The minimum atomic E-state index is -0.131. The Morgan fingerprint density at radius 1 is 1.32 bits per heavy atom. The molecule has 0 aromatic heterocycles. The molecule has 1 aromatic carbocycles. The highest BCUT2D eigenvalue weighted by Crippen LogP contribution is 2.24. The van der Waals surface area contributed by atoms with Crippen LogP contribution in [0.15, 0.2) is 18.2 Å². The lowest BCUT2D eigenvalue weighted by Crippen LogP contribution is -2.36. The molecule has 0 heterocycles. The molecule has 0 radical (unpaired) electrons. The van der Waals surface area contributed by atoms with Crippen LogP contribution in [0.4, 0.5) is 0 Å². The van der Waals surface area contributed by atoms with E-state index in [-0.39, 0.29) is 11.6 Å². The highest BCUT2D eigenvalue weighted by atomic mass is 35.5. The van der Waals surface area contributed by atoms with Gasteiger partial charge in [-0.25, -0.2) is 0 Å². The van der Waals surface area contributed by atoms with Crippen LogP contribution in [0.3, 0.4) is 0 Å². The predicted octanol–water partition coefficient (Wildman–Crippen LogP) is 3.29. The maximum absolute atomic E-state index is 6.04. The van der Waals surface area contributed by atoms with Crippen LogP contribution in [-0.2, 0) is 11.2 Å². The summed E-state index contributed by atoms with van der Waals surface area (Å²) in [6.45, 7) is 6.81. The number of halogens is 1. The molecule has 0 aliphatic heterocycles. The van der Waals surface area contributed by atoms with Gasteiger partial charge < -0.3 is 14.8 Å². The zero-order valence-corrected chi connectivity index (χ0v) is 13.2. The van der Waals surface area contributed by atoms with Crippen molar-refractivity contribution in [2.75, 3.05) is 20.8 Å². The van der Waals surface area contributed by atoms with E-state index in [0.717, 1.165) is 22.8 Å². The summed E-state index contributed by atoms with van der Waals surface area (Å²) >= 11 is 6.04. The van der Waals surface area contributed by atoms with Gasteiger partial charge in [-0.2, -0.15) is 0 Å². The molecule has 19 heavy (non-hydrogen) atoms. The molecule has 1 N–H and O–H groups in total. The van der Waals surface area contributed by atoms with Crippen molar-refractivity contribution in [3.8, 4) is 5.75 Å². The number of rotatable bonds is 6. The van der Waals surface area contributed by atoms with Crippen LogP contribution in [-0.4, -0.2) is 32.4 Å². The van der Waals surface area contributed by atoms with Crippen molar-refractivity contribution in [3.63, 3.8) is 0 Å². The Morgan fingerprint density at radius 2 is 2.00 bits per heavy atom. The van der Waals surface area contributed by atoms with Crippen LogP contribution in [0.1, 0.15) is 26.3 Å². The summed E-state index contributed by atoms with van der Waals surface area (Å²) in [7, 11) is 3.61. The maximum atomic E-state index is 6.04. The van der Waals surface area contributed by atoms with Crippen LogP contribution < -0.4 is 10.1 Å². The minimum Gasteiger partial charge on any atom is -0.496 e. The summed E-state index contributed by atoms with van der Waals surface area (Å²) in [5.74, 6) is 0.861. The third-order valence-electron chi connectivity index (χ3n) is 2.83. The van der Waals surface area contributed by atoms with Crippen molar-refractivity contribution >= 4 is 11.6 Å². The van der Waals surface area contributed by atoms with Gasteiger partial charge in [0.1, 0.15) is 5.75 Å². The Morgan fingerprint density at radius 3 is 2.53 bits per heavy atom. The van der Waals surface area contributed by atoms with Gasteiger partial charge in [-0.1, -0.05) is 11.6 Å². The molecule has 0 saturated heterocycles. The summed E-state index contributed by atoms with van der Waals surface area (Å²) in [4.78, 5) is 0. The molecular weight excluding hydrogens is 262 g/mol. The first-order valence-electron chi connectivity index (χ1n) is 6.49. The van der Waals surface area contributed by atoms with E-state index in [1.54, 1.807) is 7.11 Å². The van der Waals surface area contributed by atoms with E-state index >= 15 is 0 Å². The Bertz CT molecular complexity index is 402. The summed E-state index contributed by atoms with van der Waals surface area (Å²) < 4.78 is 11.2. The number of hydrogen-bond donors (Lipinski definition) is 1. The van der Waals surface area contributed by atoms with E-state index in [1.807, 2.05) is 25.2 Å². The van der Waals surface area contributed by atoms with E-state index in [9.17, 15) is 0 Å². The quantitative estimate of drug-likeness (QED) is 0.870. The molecule has 0 fully saturated rings. The summed E-state index contributed by atoms with van der Waals surface area (Å²) in [6.07, 6.45) is 0.816. The first-order chi connectivity index (χ1) is 8.85. The van der Waals surface area contributed by atoms with Crippen LogP contribution >= 0.6 is 11.6 Å². The van der Waals surface area contributed by atoms with Crippen molar-refractivity contribution in [1.29, 1.82) is 0 Å². The van der Waals surface area contributed by atoms with Crippen LogP contribution in [0, 0.1) is 0 Å². The van der Waals surface area contributed by atoms with Gasteiger partial charge in [0.15, 0.2) is 0 Å². The smallest absolute Gasteiger partial charge is 0.122 e. The zero-order valence-electron chi connectivity index (χ0n) is 12.4. The molecule has 0 saturated carbocycles. The van der Waals surface area contributed by atoms with Crippen molar-refractivity contribution in [3.05, 3.63) is 28.8 Å². The van der Waals surface area contributed by atoms with Gasteiger partial charge in [-0.15, -0.1) is 0 Å². The van der Waals surface area contributed by atoms with Crippen LogP contribution in [0.2, 0.25) is 5.02 Å². The second kappa shape index (κ2) is 7.13. The Kier molecular flexibility index (Phi) is 6.11. The molecule has 3 nitrogen and oxygen atoms in total. The molecule has 1 aromatic rings. The molecule has 1 unspecified atom stereocenters. The van der Waals surface area contributed by atoms with E-state index in [1.165, 1.54) is 0 Å². The average molecular weight is 286 g/mol. The summed E-state index contributed by atoms with van der Waals surface area (Å²) in [5, 5.41) is 3.99. The Labute approximate surface area is 121 Å². The summed E-state index contributed by atoms with van der Waals surface area (Å²) in [5.41, 5.74) is 0.958. The van der Waals surface area contributed by atoms with Gasteiger partial charge in [0.05, 0.1) is 19.3 Å². The average Bonchev–Trinajstić information content (AvgIpc) is 2.33. The number of hydrogen-bond acceptors (Lipinski definition) is 3. The lowest BCUT2D eigenvalue weighted by atomic mass is 10.0.